The maximum Gasteiger partial charge on any atom is 0.415 e. The van der Waals surface area contributed by atoms with Crippen LogP contribution in [-0.4, -0.2) is 23.1 Å². The molecular formula is C21H21N3O2S. The van der Waals surface area contributed by atoms with E-state index in [4.69, 9.17) is 4.74 Å². The summed E-state index contributed by atoms with van der Waals surface area (Å²) in [6.45, 7) is 11.6. The van der Waals surface area contributed by atoms with Gasteiger partial charge in [0.25, 0.3) is 0 Å². The van der Waals surface area contributed by atoms with Crippen molar-refractivity contribution in [2.45, 2.75) is 33.3 Å². The van der Waals surface area contributed by atoms with Crippen LogP contribution in [0.25, 0.3) is 5.57 Å². The van der Waals surface area contributed by atoms with Gasteiger partial charge in [-0.2, -0.15) is 10.5 Å². The molecular weight excluding hydrogens is 358 g/mol. The van der Waals surface area contributed by atoms with Crippen molar-refractivity contribution in [2.24, 2.45) is 0 Å². The standard InChI is InChI=1S/C21H21N3O2S/c1-14-6-8-16(9-7-14)18(17(11-22)12-23)10-19-24(13-15(2)27-19)20(25)26-21(3,4)5/h6-10H,2,13H2,1,3-5H3/b19-10+. The molecule has 0 saturated carbocycles. The summed E-state index contributed by atoms with van der Waals surface area (Å²) in [6, 6.07) is 11.4. The topological polar surface area (TPSA) is 77.1 Å². The molecule has 0 atom stereocenters. The molecule has 1 heterocycles. The maximum absolute atomic E-state index is 12.6. The maximum atomic E-state index is 12.6. The molecule has 0 spiro atoms. The number of rotatable bonds is 2. The average Bonchev–Trinajstić information content (AvgIpc) is 2.95. The molecule has 138 valence electrons. The molecule has 1 fully saturated rings. The van der Waals surface area contributed by atoms with Crippen molar-refractivity contribution in [2.75, 3.05) is 6.54 Å². The number of nitrogens with zero attached hydrogens (tertiary/aromatic N) is 3. The lowest BCUT2D eigenvalue weighted by Crippen LogP contribution is -2.34. The number of hydrogen-bond donors (Lipinski definition) is 0. The van der Waals surface area contributed by atoms with Crippen molar-refractivity contribution >= 4 is 23.4 Å². The van der Waals surface area contributed by atoms with Gasteiger partial charge in [0.2, 0.25) is 0 Å². The Balaban J connectivity index is 2.51. The van der Waals surface area contributed by atoms with Crippen molar-refractivity contribution in [3.8, 4) is 12.1 Å². The molecule has 0 unspecified atom stereocenters. The van der Waals surface area contributed by atoms with Crippen LogP contribution < -0.4 is 0 Å². The number of benzene rings is 1. The summed E-state index contributed by atoms with van der Waals surface area (Å²) in [7, 11) is 0. The van der Waals surface area contributed by atoms with Gasteiger partial charge in [-0.15, -0.1) is 0 Å². The largest absolute Gasteiger partial charge is 0.443 e. The molecule has 1 amide bonds. The zero-order chi connectivity index (χ0) is 20.2. The summed E-state index contributed by atoms with van der Waals surface area (Å²) in [5.41, 5.74) is 1.62. The van der Waals surface area contributed by atoms with Gasteiger partial charge in [-0.3, -0.25) is 4.90 Å². The van der Waals surface area contributed by atoms with E-state index in [1.807, 2.05) is 43.3 Å². The molecule has 1 saturated heterocycles. The summed E-state index contributed by atoms with van der Waals surface area (Å²) >= 11 is 1.33. The highest BCUT2D eigenvalue weighted by molar-refractivity contribution is 8.07. The number of carbonyl (C=O) groups is 1. The second kappa shape index (κ2) is 8.16. The first-order valence-electron chi connectivity index (χ1n) is 8.34. The lowest BCUT2D eigenvalue weighted by atomic mass is 10.00. The molecule has 5 nitrogen and oxygen atoms in total. The van der Waals surface area contributed by atoms with Crippen LogP contribution in [0.15, 0.2) is 52.4 Å². The predicted octanol–water partition coefficient (Wildman–Crippen LogP) is 5.13. The first-order chi connectivity index (χ1) is 12.6. The number of thioether (sulfide) groups is 1. The summed E-state index contributed by atoms with van der Waals surface area (Å²) in [5.74, 6) is 0. The van der Waals surface area contributed by atoms with E-state index in [2.05, 4.69) is 6.58 Å². The van der Waals surface area contributed by atoms with Crippen LogP contribution in [0.4, 0.5) is 4.79 Å². The van der Waals surface area contributed by atoms with Gasteiger partial charge < -0.3 is 4.74 Å². The highest BCUT2D eigenvalue weighted by Crippen LogP contribution is 2.39. The average molecular weight is 379 g/mol. The van der Waals surface area contributed by atoms with E-state index in [1.54, 1.807) is 26.8 Å². The second-order valence-corrected chi connectivity index (χ2v) is 8.27. The number of aryl methyl sites for hydroxylation is 1. The third kappa shape index (κ3) is 5.26. The fraction of sp³-hybridized carbons (Fsp3) is 0.286. The minimum absolute atomic E-state index is 0.0198. The zero-order valence-corrected chi connectivity index (χ0v) is 16.7. The van der Waals surface area contributed by atoms with E-state index >= 15 is 0 Å². The Morgan fingerprint density at radius 2 is 1.85 bits per heavy atom. The van der Waals surface area contributed by atoms with Crippen molar-refractivity contribution in [3.05, 3.63) is 63.6 Å². The molecule has 0 aromatic heterocycles. The Bertz CT molecular complexity index is 891. The second-order valence-electron chi connectivity index (χ2n) is 7.07. The van der Waals surface area contributed by atoms with Crippen molar-refractivity contribution in [3.63, 3.8) is 0 Å². The normalized spacial score (nSPS) is 15.3. The summed E-state index contributed by atoms with van der Waals surface area (Å²) < 4.78 is 5.46. The Morgan fingerprint density at radius 1 is 1.26 bits per heavy atom. The lowest BCUT2D eigenvalue weighted by Gasteiger charge is -2.24. The summed E-state index contributed by atoms with van der Waals surface area (Å²) in [4.78, 5) is 14.8. The van der Waals surface area contributed by atoms with Crippen LogP contribution >= 0.6 is 11.8 Å². The van der Waals surface area contributed by atoms with Gasteiger partial charge in [-0.25, -0.2) is 4.79 Å². The number of carbonyl (C=O) groups excluding carboxylic acids is 1. The number of allylic oxidation sites excluding steroid dienone is 3. The minimum atomic E-state index is -0.628. The first-order valence-corrected chi connectivity index (χ1v) is 9.15. The van der Waals surface area contributed by atoms with Crippen LogP contribution in [0.1, 0.15) is 31.9 Å². The smallest absolute Gasteiger partial charge is 0.415 e. The molecule has 0 bridgehead atoms. The van der Waals surface area contributed by atoms with E-state index < -0.39 is 11.7 Å². The van der Waals surface area contributed by atoms with Crippen molar-refractivity contribution in [1.29, 1.82) is 10.5 Å². The van der Waals surface area contributed by atoms with Crippen LogP contribution in [-0.2, 0) is 4.74 Å². The SMILES string of the molecule is C=C1CN(C(=O)OC(C)(C)C)/C(=C\C(=C(C#N)C#N)c2ccc(C)cc2)S1. The first kappa shape index (κ1) is 20.4. The highest BCUT2D eigenvalue weighted by Gasteiger charge is 2.31. The van der Waals surface area contributed by atoms with E-state index in [9.17, 15) is 15.3 Å². The quantitative estimate of drug-likeness (QED) is 0.665. The molecule has 1 aliphatic rings. The number of amides is 1. The number of hydrogen-bond acceptors (Lipinski definition) is 5. The highest BCUT2D eigenvalue weighted by atomic mass is 32.2. The van der Waals surface area contributed by atoms with Gasteiger partial charge in [0.15, 0.2) is 0 Å². The number of ether oxygens (including phenoxy) is 1. The van der Waals surface area contributed by atoms with Gasteiger partial charge >= 0.3 is 6.09 Å². The molecule has 1 aromatic carbocycles. The van der Waals surface area contributed by atoms with E-state index in [0.717, 1.165) is 16.0 Å². The summed E-state index contributed by atoms with van der Waals surface area (Å²) in [6.07, 6.45) is 1.19. The van der Waals surface area contributed by atoms with Gasteiger partial charge in [0.1, 0.15) is 23.3 Å². The van der Waals surface area contributed by atoms with Gasteiger partial charge in [0.05, 0.1) is 11.6 Å². The minimum Gasteiger partial charge on any atom is -0.443 e. The van der Waals surface area contributed by atoms with Crippen molar-refractivity contribution in [1.82, 2.24) is 4.90 Å². The van der Waals surface area contributed by atoms with Crippen LogP contribution in [0.2, 0.25) is 0 Å². The van der Waals surface area contributed by atoms with E-state index in [0.29, 0.717) is 17.1 Å². The van der Waals surface area contributed by atoms with Crippen LogP contribution in [0.5, 0.6) is 0 Å². The van der Waals surface area contributed by atoms with Crippen molar-refractivity contribution < 1.29 is 9.53 Å². The van der Waals surface area contributed by atoms with Gasteiger partial charge in [-0.1, -0.05) is 48.2 Å². The Labute approximate surface area is 164 Å². The number of nitriles is 2. The van der Waals surface area contributed by atoms with Gasteiger partial charge in [-0.05, 0) is 39.3 Å². The van der Waals surface area contributed by atoms with Crippen LogP contribution in [0.3, 0.4) is 0 Å². The van der Waals surface area contributed by atoms with Crippen LogP contribution in [0, 0.1) is 29.6 Å². The molecule has 27 heavy (non-hydrogen) atoms. The third-order valence-electron chi connectivity index (χ3n) is 3.59. The van der Waals surface area contributed by atoms with E-state index in [-0.39, 0.29) is 5.57 Å². The molecule has 1 aliphatic heterocycles. The zero-order valence-electron chi connectivity index (χ0n) is 15.9. The molecule has 0 radical (unpaired) electrons. The molecule has 0 N–H and O–H groups in total. The Morgan fingerprint density at radius 3 is 2.37 bits per heavy atom. The monoisotopic (exact) mass is 379 g/mol. The van der Waals surface area contributed by atoms with E-state index in [1.165, 1.54) is 16.7 Å². The summed E-state index contributed by atoms with van der Waals surface area (Å²) in [5, 5.41) is 19.3. The molecule has 2 rings (SSSR count). The fourth-order valence-electron chi connectivity index (χ4n) is 2.37. The molecule has 0 aliphatic carbocycles. The molecule has 1 aromatic rings. The Kier molecular flexibility index (Phi) is 6.15. The van der Waals surface area contributed by atoms with Gasteiger partial charge in [0, 0.05) is 10.5 Å². The molecule has 6 heteroatoms. The lowest BCUT2D eigenvalue weighted by molar-refractivity contribution is 0.0350. The Hall–Kier alpha value is -2.96. The third-order valence-corrected chi connectivity index (χ3v) is 4.55. The predicted molar refractivity (Wildman–Crippen MR) is 107 cm³/mol. The fourth-order valence-corrected chi connectivity index (χ4v) is 3.29.